The Morgan fingerprint density at radius 3 is 2.62 bits per heavy atom. The fraction of sp³-hybridized carbons (Fsp3) is 0.400. The molecule has 1 fully saturated rings. The Kier molecular flexibility index (Phi) is 5.17. The van der Waals surface area contributed by atoms with Crippen molar-refractivity contribution in [1.82, 2.24) is 14.3 Å². The summed E-state index contributed by atoms with van der Waals surface area (Å²) in [6, 6.07) is 3.23. The zero-order valence-electron chi connectivity index (χ0n) is 14.0. The van der Waals surface area contributed by atoms with E-state index in [-0.39, 0.29) is 16.0 Å². The van der Waals surface area contributed by atoms with Gasteiger partial charge in [0.15, 0.2) is 4.90 Å². The molecule has 26 heavy (non-hydrogen) atoms. The molecule has 0 spiro atoms. The van der Waals surface area contributed by atoms with E-state index in [1.165, 1.54) is 6.07 Å². The summed E-state index contributed by atoms with van der Waals surface area (Å²) >= 11 is 5.75. The van der Waals surface area contributed by atoms with Crippen LogP contribution in [0.2, 0.25) is 5.02 Å². The minimum absolute atomic E-state index is 0.110. The Bertz CT molecular complexity index is 922. The number of nitro benzene ring substituents is 1. The fourth-order valence-corrected chi connectivity index (χ4v) is 4.63. The second kappa shape index (κ2) is 7.22. The summed E-state index contributed by atoms with van der Waals surface area (Å²) in [5, 5.41) is 11.3. The van der Waals surface area contributed by atoms with Gasteiger partial charge in [0.2, 0.25) is 16.0 Å². The molecule has 11 heteroatoms. The molecule has 140 valence electrons. The minimum atomic E-state index is -4.02. The van der Waals surface area contributed by atoms with Crippen molar-refractivity contribution in [2.45, 2.75) is 23.8 Å². The summed E-state index contributed by atoms with van der Waals surface area (Å²) in [5.41, 5.74) is -0.532. The van der Waals surface area contributed by atoms with Crippen molar-refractivity contribution in [2.75, 3.05) is 18.0 Å². The molecule has 1 aromatic heterocycles. The molecule has 2 heterocycles. The summed E-state index contributed by atoms with van der Waals surface area (Å²) in [6.45, 7) is 1.28. The molecule has 1 aliphatic heterocycles. The van der Waals surface area contributed by atoms with E-state index >= 15 is 0 Å². The Balaban J connectivity index is 1.72. The molecule has 0 atom stereocenters. The lowest BCUT2D eigenvalue weighted by Gasteiger charge is -2.32. The summed E-state index contributed by atoms with van der Waals surface area (Å²) in [7, 11) is -2.12. The second-order valence-electron chi connectivity index (χ2n) is 6.09. The number of nitrogens with zero attached hydrogens (tertiary/aromatic N) is 4. The van der Waals surface area contributed by atoms with Gasteiger partial charge in [-0.1, -0.05) is 11.6 Å². The quantitative estimate of drug-likeness (QED) is 0.607. The number of aromatic nitrogens is 2. The average Bonchev–Trinajstić information content (AvgIpc) is 3.01. The molecule has 1 N–H and O–H groups in total. The highest BCUT2D eigenvalue weighted by atomic mass is 35.5. The van der Waals surface area contributed by atoms with E-state index in [9.17, 15) is 18.5 Å². The summed E-state index contributed by atoms with van der Waals surface area (Å²) < 4.78 is 29.7. The highest BCUT2D eigenvalue weighted by Gasteiger charge is 2.30. The van der Waals surface area contributed by atoms with Crippen LogP contribution in [0, 0.1) is 10.1 Å². The molecular formula is C15H18ClN5O4S. The lowest BCUT2D eigenvalue weighted by molar-refractivity contribution is -0.387. The van der Waals surface area contributed by atoms with Gasteiger partial charge in [0.05, 0.1) is 4.92 Å². The first-order valence-electron chi connectivity index (χ1n) is 7.96. The first-order valence-corrected chi connectivity index (χ1v) is 9.82. The van der Waals surface area contributed by atoms with Gasteiger partial charge in [-0.25, -0.2) is 18.1 Å². The Labute approximate surface area is 155 Å². The highest BCUT2D eigenvalue weighted by molar-refractivity contribution is 7.89. The molecule has 9 nitrogen and oxygen atoms in total. The average molecular weight is 400 g/mol. The van der Waals surface area contributed by atoms with E-state index in [0.717, 1.165) is 18.1 Å². The van der Waals surface area contributed by atoms with Gasteiger partial charge >= 0.3 is 0 Å². The van der Waals surface area contributed by atoms with Crippen LogP contribution in [0.25, 0.3) is 0 Å². The van der Waals surface area contributed by atoms with Gasteiger partial charge in [0.1, 0.15) is 0 Å². The van der Waals surface area contributed by atoms with Crippen LogP contribution >= 0.6 is 11.6 Å². The molecule has 1 aromatic carbocycles. The SMILES string of the molecule is Cn1ccnc1N1CCC(NS(=O)(=O)c2ccc(Cl)cc2[N+](=O)[O-])CC1. The van der Waals surface area contributed by atoms with Crippen LogP contribution in [0.3, 0.4) is 0 Å². The van der Waals surface area contributed by atoms with Crippen LogP contribution in [-0.4, -0.2) is 42.0 Å². The number of benzene rings is 1. The van der Waals surface area contributed by atoms with Crippen LogP contribution in [0.5, 0.6) is 0 Å². The van der Waals surface area contributed by atoms with Gasteiger partial charge in [-0.05, 0) is 25.0 Å². The van der Waals surface area contributed by atoms with E-state index in [4.69, 9.17) is 11.6 Å². The van der Waals surface area contributed by atoms with Gasteiger partial charge in [-0.15, -0.1) is 0 Å². The molecule has 0 saturated carbocycles. The van der Waals surface area contributed by atoms with Gasteiger partial charge in [0, 0.05) is 49.7 Å². The Morgan fingerprint density at radius 2 is 2.04 bits per heavy atom. The summed E-state index contributed by atoms with van der Waals surface area (Å²) in [5.74, 6) is 0.833. The predicted molar refractivity (Wildman–Crippen MR) is 96.9 cm³/mol. The molecule has 0 amide bonds. The maximum Gasteiger partial charge on any atom is 0.290 e. The van der Waals surface area contributed by atoms with Gasteiger partial charge < -0.3 is 9.47 Å². The number of anilines is 1. The molecule has 1 aliphatic rings. The van der Waals surface area contributed by atoms with E-state index in [0.29, 0.717) is 25.9 Å². The number of nitrogens with one attached hydrogen (secondary N) is 1. The molecular weight excluding hydrogens is 382 g/mol. The van der Waals surface area contributed by atoms with Crippen molar-refractivity contribution in [1.29, 1.82) is 0 Å². The van der Waals surface area contributed by atoms with Crippen LogP contribution in [0.1, 0.15) is 12.8 Å². The van der Waals surface area contributed by atoms with E-state index < -0.39 is 20.6 Å². The van der Waals surface area contributed by atoms with Crippen LogP contribution in [-0.2, 0) is 17.1 Å². The Hall–Kier alpha value is -2.17. The number of aryl methyl sites for hydroxylation is 1. The van der Waals surface area contributed by atoms with E-state index in [2.05, 4.69) is 14.6 Å². The third-order valence-corrected chi connectivity index (χ3v) is 6.11. The maximum atomic E-state index is 12.6. The minimum Gasteiger partial charge on any atom is -0.342 e. The number of hydrogen-bond acceptors (Lipinski definition) is 6. The van der Waals surface area contributed by atoms with Gasteiger partial charge in [-0.2, -0.15) is 0 Å². The number of halogens is 1. The predicted octanol–water partition coefficient (Wildman–Crippen LogP) is 1.93. The van der Waals surface area contributed by atoms with Gasteiger partial charge in [0.25, 0.3) is 5.69 Å². The molecule has 0 unspecified atom stereocenters. The van der Waals surface area contributed by atoms with Gasteiger partial charge in [-0.3, -0.25) is 10.1 Å². The second-order valence-corrected chi connectivity index (χ2v) is 8.21. The third-order valence-electron chi connectivity index (χ3n) is 4.30. The Morgan fingerprint density at radius 1 is 1.35 bits per heavy atom. The monoisotopic (exact) mass is 399 g/mol. The van der Waals surface area contributed by atoms with E-state index in [1.54, 1.807) is 6.20 Å². The standard InChI is InChI=1S/C15H18ClN5O4S/c1-19-9-6-17-15(19)20-7-4-12(5-8-20)18-26(24,25)14-3-2-11(16)10-13(14)21(22)23/h2-3,6,9-10,12,18H,4-5,7-8H2,1H3. The number of piperidine rings is 1. The molecule has 2 aromatic rings. The largest absolute Gasteiger partial charge is 0.342 e. The first-order chi connectivity index (χ1) is 12.3. The number of sulfonamides is 1. The van der Waals surface area contributed by atoms with Crippen molar-refractivity contribution in [3.8, 4) is 0 Å². The number of imidazole rings is 1. The summed E-state index contributed by atoms with van der Waals surface area (Å²) in [6.07, 6.45) is 4.72. The lowest BCUT2D eigenvalue weighted by atomic mass is 10.1. The number of hydrogen-bond donors (Lipinski definition) is 1. The molecule has 0 bridgehead atoms. The van der Waals surface area contributed by atoms with E-state index in [1.807, 2.05) is 17.8 Å². The third kappa shape index (κ3) is 3.81. The van der Waals surface area contributed by atoms with Crippen molar-refractivity contribution >= 4 is 33.3 Å². The topological polar surface area (TPSA) is 110 Å². The maximum absolute atomic E-state index is 12.6. The number of nitro groups is 1. The van der Waals surface area contributed by atoms with Crippen LogP contribution in [0.15, 0.2) is 35.5 Å². The van der Waals surface area contributed by atoms with Crippen LogP contribution < -0.4 is 9.62 Å². The van der Waals surface area contributed by atoms with Crippen molar-refractivity contribution in [2.24, 2.45) is 7.05 Å². The number of rotatable bonds is 5. The smallest absolute Gasteiger partial charge is 0.290 e. The zero-order chi connectivity index (χ0) is 18.9. The molecule has 1 saturated heterocycles. The summed E-state index contributed by atoms with van der Waals surface area (Å²) in [4.78, 5) is 16.4. The van der Waals surface area contributed by atoms with Crippen molar-refractivity contribution < 1.29 is 13.3 Å². The highest BCUT2D eigenvalue weighted by Crippen LogP contribution is 2.28. The zero-order valence-corrected chi connectivity index (χ0v) is 15.6. The normalized spacial score (nSPS) is 16.0. The molecule has 3 rings (SSSR count). The first kappa shape index (κ1) is 18.6. The molecule has 0 radical (unpaired) electrons. The van der Waals surface area contributed by atoms with Crippen molar-refractivity contribution in [3.63, 3.8) is 0 Å². The van der Waals surface area contributed by atoms with Crippen molar-refractivity contribution in [3.05, 3.63) is 45.7 Å². The fourth-order valence-electron chi connectivity index (χ4n) is 3.00. The van der Waals surface area contributed by atoms with Crippen LogP contribution in [0.4, 0.5) is 11.6 Å². The molecule has 0 aliphatic carbocycles. The lowest BCUT2D eigenvalue weighted by Crippen LogP contribution is -2.45.